The topological polar surface area (TPSA) is 89.9 Å². The van der Waals surface area contributed by atoms with Gasteiger partial charge in [-0.1, -0.05) is 17.7 Å². The molecular weight excluding hydrogens is 434 g/mol. The molecule has 0 aliphatic carbocycles. The second kappa shape index (κ2) is 9.63. The van der Waals surface area contributed by atoms with Gasteiger partial charge >= 0.3 is 5.97 Å². The highest BCUT2D eigenvalue weighted by Crippen LogP contribution is 2.24. The molecule has 0 unspecified atom stereocenters. The van der Waals surface area contributed by atoms with Gasteiger partial charge in [0.1, 0.15) is 16.4 Å². The lowest BCUT2D eigenvalue weighted by atomic mass is 10.2. The SMILES string of the molecule is CCOC(=O)c1cnc(-c2ccc(Cl)cc2)nc1NCc1csc(-c2ccccn2)n1. The molecule has 0 saturated carbocycles. The lowest BCUT2D eigenvalue weighted by Crippen LogP contribution is -2.13. The fraction of sp³-hybridized carbons (Fsp3) is 0.136. The molecule has 0 aliphatic heterocycles. The van der Waals surface area contributed by atoms with Crippen molar-refractivity contribution in [2.24, 2.45) is 0 Å². The number of nitrogens with one attached hydrogen (secondary N) is 1. The number of aromatic nitrogens is 4. The maximum absolute atomic E-state index is 12.4. The van der Waals surface area contributed by atoms with Gasteiger partial charge in [-0.2, -0.15) is 0 Å². The Morgan fingerprint density at radius 3 is 2.71 bits per heavy atom. The van der Waals surface area contributed by atoms with Gasteiger partial charge in [0, 0.05) is 28.4 Å². The van der Waals surface area contributed by atoms with E-state index in [9.17, 15) is 4.79 Å². The molecule has 4 rings (SSSR count). The molecule has 0 saturated heterocycles. The Labute approximate surface area is 188 Å². The Hall–Kier alpha value is -3.36. The summed E-state index contributed by atoms with van der Waals surface area (Å²) in [6.45, 7) is 2.39. The van der Waals surface area contributed by atoms with Crippen molar-refractivity contribution in [2.45, 2.75) is 13.5 Å². The number of halogens is 1. The summed E-state index contributed by atoms with van der Waals surface area (Å²) in [4.78, 5) is 30.2. The first kappa shape index (κ1) is 20.9. The lowest BCUT2D eigenvalue weighted by molar-refractivity contribution is 0.0526. The Morgan fingerprint density at radius 1 is 1.13 bits per heavy atom. The van der Waals surface area contributed by atoms with Crippen LogP contribution in [-0.4, -0.2) is 32.5 Å². The molecule has 0 bridgehead atoms. The van der Waals surface area contributed by atoms with Gasteiger partial charge in [-0.15, -0.1) is 11.3 Å². The van der Waals surface area contributed by atoms with E-state index in [1.54, 1.807) is 25.3 Å². The molecule has 3 heterocycles. The Balaban J connectivity index is 1.59. The van der Waals surface area contributed by atoms with Gasteiger partial charge in [-0.25, -0.2) is 19.7 Å². The number of pyridine rings is 1. The van der Waals surface area contributed by atoms with E-state index in [2.05, 4.69) is 25.3 Å². The summed E-state index contributed by atoms with van der Waals surface area (Å²) >= 11 is 7.48. The molecule has 156 valence electrons. The molecule has 0 spiro atoms. The van der Waals surface area contributed by atoms with Crippen LogP contribution in [0.25, 0.3) is 22.1 Å². The molecule has 31 heavy (non-hydrogen) atoms. The third-order valence-corrected chi connectivity index (χ3v) is 5.42. The lowest BCUT2D eigenvalue weighted by Gasteiger charge is -2.11. The van der Waals surface area contributed by atoms with Crippen molar-refractivity contribution in [3.05, 3.63) is 76.5 Å². The minimum absolute atomic E-state index is 0.261. The first-order chi connectivity index (χ1) is 15.1. The van der Waals surface area contributed by atoms with Crippen LogP contribution in [-0.2, 0) is 11.3 Å². The molecule has 0 aliphatic rings. The highest BCUT2D eigenvalue weighted by molar-refractivity contribution is 7.13. The number of hydrogen-bond acceptors (Lipinski definition) is 8. The summed E-state index contributed by atoms with van der Waals surface area (Å²) in [6, 6.07) is 12.9. The molecule has 0 radical (unpaired) electrons. The molecular formula is C22H18ClN5O2S. The smallest absolute Gasteiger partial charge is 0.343 e. The summed E-state index contributed by atoms with van der Waals surface area (Å²) in [5, 5.41) is 6.60. The van der Waals surface area contributed by atoms with Crippen molar-refractivity contribution in [1.82, 2.24) is 19.9 Å². The standard InChI is InChI=1S/C22H18ClN5O2S/c1-2-30-22(29)17-12-26-19(14-6-8-15(23)9-7-14)28-20(17)25-11-16-13-31-21(27-16)18-5-3-4-10-24-18/h3-10,12-13H,2,11H2,1H3,(H,25,26,28). The van der Waals surface area contributed by atoms with Crippen molar-refractivity contribution in [2.75, 3.05) is 11.9 Å². The molecule has 7 nitrogen and oxygen atoms in total. The zero-order valence-corrected chi connectivity index (χ0v) is 18.2. The van der Waals surface area contributed by atoms with E-state index in [1.807, 2.05) is 35.7 Å². The second-order valence-electron chi connectivity index (χ2n) is 6.40. The number of rotatable bonds is 7. The average molecular weight is 452 g/mol. The van der Waals surface area contributed by atoms with Gasteiger partial charge in [0.05, 0.1) is 24.5 Å². The minimum atomic E-state index is -0.486. The van der Waals surface area contributed by atoms with Crippen molar-refractivity contribution >= 4 is 34.7 Å². The normalized spacial score (nSPS) is 10.6. The number of nitrogens with zero attached hydrogens (tertiary/aromatic N) is 4. The summed E-state index contributed by atoms with van der Waals surface area (Å²) in [5.74, 6) is 0.366. The number of hydrogen-bond donors (Lipinski definition) is 1. The number of esters is 1. The fourth-order valence-corrected chi connectivity index (χ4v) is 3.70. The quantitative estimate of drug-likeness (QED) is 0.390. The maximum atomic E-state index is 12.4. The first-order valence-corrected chi connectivity index (χ1v) is 10.8. The zero-order chi connectivity index (χ0) is 21.6. The van der Waals surface area contributed by atoms with Gasteiger partial charge < -0.3 is 10.1 Å². The fourth-order valence-electron chi connectivity index (χ4n) is 2.78. The van der Waals surface area contributed by atoms with E-state index >= 15 is 0 Å². The van der Waals surface area contributed by atoms with E-state index in [0.29, 0.717) is 23.2 Å². The van der Waals surface area contributed by atoms with Crippen molar-refractivity contribution in [1.29, 1.82) is 0 Å². The predicted molar refractivity (Wildman–Crippen MR) is 121 cm³/mol. The Bertz CT molecular complexity index is 1180. The van der Waals surface area contributed by atoms with Gasteiger partial charge in [0.15, 0.2) is 5.82 Å². The molecule has 0 atom stereocenters. The van der Waals surface area contributed by atoms with Crippen LogP contribution in [0, 0.1) is 0 Å². The van der Waals surface area contributed by atoms with Crippen LogP contribution in [0.1, 0.15) is 23.0 Å². The summed E-state index contributed by atoms with van der Waals surface area (Å²) in [6.07, 6.45) is 3.21. The number of anilines is 1. The summed E-state index contributed by atoms with van der Waals surface area (Å²) in [7, 11) is 0. The highest BCUT2D eigenvalue weighted by atomic mass is 35.5. The van der Waals surface area contributed by atoms with Crippen LogP contribution in [0.3, 0.4) is 0 Å². The van der Waals surface area contributed by atoms with Crippen LogP contribution in [0.2, 0.25) is 5.02 Å². The van der Waals surface area contributed by atoms with Gasteiger partial charge in [-0.05, 0) is 43.3 Å². The monoisotopic (exact) mass is 451 g/mol. The van der Waals surface area contributed by atoms with E-state index < -0.39 is 5.97 Å². The third-order valence-electron chi connectivity index (χ3n) is 4.26. The van der Waals surface area contributed by atoms with Crippen molar-refractivity contribution in [3.8, 4) is 22.1 Å². The molecule has 0 amide bonds. The van der Waals surface area contributed by atoms with Crippen LogP contribution < -0.4 is 5.32 Å². The van der Waals surface area contributed by atoms with E-state index in [0.717, 1.165) is 22.0 Å². The van der Waals surface area contributed by atoms with E-state index in [4.69, 9.17) is 16.3 Å². The van der Waals surface area contributed by atoms with Gasteiger partial charge in [0.2, 0.25) is 0 Å². The average Bonchev–Trinajstić information content (AvgIpc) is 3.28. The largest absolute Gasteiger partial charge is 0.462 e. The Morgan fingerprint density at radius 2 is 1.97 bits per heavy atom. The van der Waals surface area contributed by atoms with Crippen LogP contribution in [0.5, 0.6) is 0 Å². The molecule has 1 aromatic carbocycles. The number of benzene rings is 1. The molecule has 0 fully saturated rings. The number of carbonyl (C=O) groups is 1. The molecule has 9 heteroatoms. The van der Waals surface area contributed by atoms with Crippen LogP contribution in [0.4, 0.5) is 5.82 Å². The molecule has 4 aromatic rings. The maximum Gasteiger partial charge on any atom is 0.343 e. The van der Waals surface area contributed by atoms with Gasteiger partial charge in [-0.3, -0.25) is 4.98 Å². The summed E-state index contributed by atoms with van der Waals surface area (Å²) in [5.41, 5.74) is 2.68. The highest BCUT2D eigenvalue weighted by Gasteiger charge is 2.17. The van der Waals surface area contributed by atoms with E-state index in [1.165, 1.54) is 17.5 Å². The molecule has 3 aromatic heterocycles. The zero-order valence-electron chi connectivity index (χ0n) is 16.6. The minimum Gasteiger partial charge on any atom is -0.462 e. The van der Waals surface area contributed by atoms with Gasteiger partial charge in [0.25, 0.3) is 0 Å². The first-order valence-electron chi connectivity index (χ1n) is 9.54. The second-order valence-corrected chi connectivity index (χ2v) is 7.69. The number of carbonyl (C=O) groups excluding carboxylic acids is 1. The molecule has 1 N–H and O–H groups in total. The number of thiazole rings is 1. The Kier molecular flexibility index (Phi) is 6.49. The third kappa shape index (κ3) is 5.04. The summed E-state index contributed by atoms with van der Waals surface area (Å²) < 4.78 is 5.15. The van der Waals surface area contributed by atoms with Crippen LogP contribution in [0.15, 0.2) is 60.2 Å². The van der Waals surface area contributed by atoms with Crippen molar-refractivity contribution < 1.29 is 9.53 Å². The van der Waals surface area contributed by atoms with Crippen molar-refractivity contribution in [3.63, 3.8) is 0 Å². The predicted octanol–water partition coefficient (Wildman–Crippen LogP) is 5.10. The van der Waals surface area contributed by atoms with E-state index in [-0.39, 0.29) is 12.2 Å². The number of ether oxygens (including phenoxy) is 1. The van der Waals surface area contributed by atoms with Crippen LogP contribution >= 0.6 is 22.9 Å².